The maximum absolute atomic E-state index is 4.89. The first kappa shape index (κ1) is 25.7. The zero-order valence-electron chi connectivity index (χ0n) is 23.9. The first-order chi connectivity index (χ1) is 19.3. The Kier molecular flexibility index (Phi) is 6.56. The molecule has 196 valence electrons. The number of aryl methyl sites for hydroxylation is 2. The molecule has 0 radical (unpaired) electrons. The molecule has 0 atom stereocenters. The number of aromatic nitrogens is 2. The zero-order valence-corrected chi connectivity index (χ0v) is 23.9. The van der Waals surface area contributed by atoms with Crippen molar-refractivity contribution < 1.29 is 0 Å². The van der Waals surface area contributed by atoms with Crippen molar-refractivity contribution in [2.45, 2.75) is 40.0 Å². The normalized spacial score (nSPS) is 11.6. The molecular weight excluding hydrogens is 484 g/mol. The summed E-state index contributed by atoms with van der Waals surface area (Å²) in [5.41, 5.74) is 14.1. The van der Waals surface area contributed by atoms with E-state index in [-0.39, 0.29) is 5.41 Å². The van der Waals surface area contributed by atoms with E-state index in [0.717, 1.165) is 33.3 Å². The summed E-state index contributed by atoms with van der Waals surface area (Å²) in [5.74, 6) is 0. The Balaban J connectivity index is 1.45. The Labute approximate surface area is 237 Å². The summed E-state index contributed by atoms with van der Waals surface area (Å²) in [6.07, 6.45) is 3.81. The van der Waals surface area contributed by atoms with Crippen LogP contribution in [0.2, 0.25) is 0 Å². The van der Waals surface area contributed by atoms with Gasteiger partial charge < -0.3 is 0 Å². The van der Waals surface area contributed by atoms with E-state index in [9.17, 15) is 0 Å². The summed E-state index contributed by atoms with van der Waals surface area (Å²) >= 11 is 0. The van der Waals surface area contributed by atoms with Crippen molar-refractivity contribution in [3.63, 3.8) is 0 Å². The lowest BCUT2D eigenvalue weighted by atomic mass is 9.86. The van der Waals surface area contributed by atoms with Crippen molar-refractivity contribution >= 4 is 10.9 Å². The highest BCUT2D eigenvalue weighted by atomic mass is 14.7. The molecule has 0 amide bonds. The van der Waals surface area contributed by atoms with E-state index in [0.29, 0.717) is 0 Å². The van der Waals surface area contributed by atoms with E-state index < -0.39 is 0 Å². The van der Waals surface area contributed by atoms with Crippen LogP contribution in [0.3, 0.4) is 0 Å². The average Bonchev–Trinajstić information content (AvgIpc) is 2.96. The first-order valence-electron chi connectivity index (χ1n) is 13.9. The predicted molar refractivity (Wildman–Crippen MR) is 169 cm³/mol. The van der Waals surface area contributed by atoms with Gasteiger partial charge in [-0.05, 0) is 88.5 Å². The molecule has 0 unspecified atom stereocenters. The molecule has 6 rings (SSSR count). The molecule has 0 bridgehead atoms. The highest BCUT2D eigenvalue weighted by Gasteiger charge is 2.16. The van der Waals surface area contributed by atoms with E-state index in [1.54, 1.807) is 0 Å². The van der Waals surface area contributed by atoms with Crippen molar-refractivity contribution in [2.24, 2.45) is 0 Å². The van der Waals surface area contributed by atoms with Crippen LogP contribution in [0.25, 0.3) is 55.5 Å². The molecular formula is C38H34N2. The van der Waals surface area contributed by atoms with Crippen molar-refractivity contribution in [2.75, 3.05) is 0 Å². The van der Waals surface area contributed by atoms with Gasteiger partial charge in [-0.25, -0.2) is 0 Å². The lowest BCUT2D eigenvalue weighted by Gasteiger charge is -2.19. The number of benzene rings is 4. The van der Waals surface area contributed by atoms with Crippen LogP contribution < -0.4 is 0 Å². The van der Waals surface area contributed by atoms with Gasteiger partial charge in [0, 0.05) is 28.9 Å². The standard InChI is InChI=1S/C38H34N2/c1-25-11-13-27(14-12-25)30-20-26(2)21-31(23-30)33-15-16-34(37-35(33)10-7-18-40-37)28-8-6-9-29(22-28)36-24-32(17-19-39-36)38(3,4)5/h6-24H,1-5H3. The second-order valence-electron chi connectivity index (χ2n) is 11.8. The predicted octanol–water partition coefficient (Wildman–Crippen LogP) is 10.2. The third-order valence-corrected chi connectivity index (χ3v) is 7.64. The summed E-state index contributed by atoms with van der Waals surface area (Å²) in [6.45, 7) is 11.0. The maximum Gasteiger partial charge on any atom is 0.0786 e. The summed E-state index contributed by atoms with van der Waals surface area (Å²) in [6, 6.07) is 37.3. The van der Waals surface area contributed by atoms with Gasteiger partial charge in [-0.2, -0.15) is 0 Å². The second kappa shape index (κ2) is 10.2. The molecule has 0 N–H and O–H groups in total. The summed E-state index contributed by atoms with van der Waals surface area (Å²) in [5, 5.41) is 1.15. The van der Waals surface area contributed by atoms with Crippen molar-refractivity contribution in [1.82, 2.24) is 9.97 Å². The SMILES string of the molecule is Cc1ccc(-c2cc(C)cc(-c3ccc(-c4cccc(-c5cc(C(C)(C)C)ccn5)c4)c4ncccc34)c2)cc1. The third kappa shape index (κ3) is 5.05. The fraction of sp³-hybridized carbons (Fsp3) is 0.158. The second-order valence-corrected chi connectivity index (χ2v) is 11.8. The van der Waals surface area contributed by atoms with Gasteiger partial charge >= 0.3 is 0 Å². The van der Waals surface area contributed by atoms with Gasteiger partial charge in [0.2, 0.25) is 0 Å². The van der Waals surface area contributed by atoms with E-state index >= 15 is 0 Å². The monoisotopic (exact) mass is 518 g/mol. The highest BCUT2D eigenvalue weighted by Crippen LogP contribution is 2.37. The summed E-state index contributed by atoms with van der Waals surface area (Å²) in [7, 11) is 0. The minimum atomic E-state index is 0.0698. The summed E-state index contributed by atoms with van der Waals surface area (Å²) < 4.78 is 0. The van der Waals surface area contributed by atoms with Gasteiger partial charge in [-0.15, -0.1) is 0 Å². The third-order valence-electron chi connectivity index (χ3n) is 7.64. The topological polar surface area (TPSA) is 25.8 Å². The molecule has 2 nitrogen and oxygen atoms in total. The van der Waals surface area contributed by atoms with E-state index in [4.69, 9.17) is 9.97 Å². The lowest BCUT2D eigenvalue weighted by molar-refractivity contribution is 0.589. The Morgan fingerprint density at radius 3 is 2.02 bits per heavy atom. The minimum Gasteiger partial charge on any atom is -0.256 e. The highest BCUT2D eigenvalue weighted by molar-refractivity contribution is 6.03. The van der Waals surface area contributed by atoms with Gasteiger partial charge in [0.05, 0.1) is 11.2 Å². The number of pyridine rings is 2. The van der Waals surface area contributed by atoms with Crippen LogP contribution in [0.5, 0.6) is 0 Å². The van der Waals surface area contributed by atoms with Crippen LogP contribution >= 0.6 is 0 Å². The molecule has 0 saturated carbocycles. The molecule has 0 aliphatic heterocycles. The number of fused-ring (bicyclic) bond motifs is 1. The molecule has 0 fully saturated rings. The first-order valence-corrected chi connectivity index (χ1v) is 13.9. The van der Waals surface area contributed by atoms with Crippen LogP contribution in [-0.4, -0.2) is 9.97 Å². The molecule has 40 heavy (non-hydrogen) atoms. The van der Waals surface area contributed by atoms with Gasteiger partial charge in [0.15, 0.2) is 0 Å². The fourth-order valence-corrected chi connectivity index (χ4v) is 5.41. The molecule has 2 aromatic heterocycles. The molecule has 2 heteroatoms. The molecule has 6 aromatic rings. The molecule has 0 saturated heterocycles. The number of rotatable bonds is 4. The molecule has 0 spiro atoms. The Morgan fingerprint density at radius 1 is 0.500 bits per heavy atom. The fourth-order valence-electron chi connectivity index (χ4n) is 5.41. The van der Waals surface area contributed by atoms with Gasteiger partial charge in [0.25, 0.3) is 0 Å². The smallest absolute Gasteiger partial charge is 0.0786 e. The van der Waals surface area contributed by atoms with E-state index in [2.05, 4.69) is 132 Å². The van der Waals surface area contributed by atoms with Crippen molar-refractivity contribution in [3.8, 4) is 44.6 Å². The van der Waals surface area contributed by atoms with E-state index in [1.165, 1.54) is 38.9 Å². The van der Waals surface area contributed by atoms with Crippen LogP contribution in [0.1, 0.15) is 37.5 Å². The van der Waals surface area contributed by atoms with Crippen LogP contribution in [-0.2, 0) is 5.41 Å². The van der Waals surface area contributed by atoms with Gasteiger partial charge in [-0.3, -0.25) is 9.97 Å². The number of hydrogen-bond donors (Lipinski definition) is 0. The maximum atomic E-state index is 4.89. The molecule has 4 aromatic carbocycles. The average molecular weight is 519 g/mol. The lowest BCUT2D eigenvalue weighted by Crippen LogP contribution is -2.11. The Hall–Kier alpha value is -4.56. The van der Waals surface area contributed by atoms with Crippen LogP contribution in [0, 0.1) is 13.8 Å². The van der Waals surface area contributed by atoms with Crippen molar-refractivity contribution in [1.29, 1.82) is 0 Å². The van der Waals surface area contributed by atoms with Gasteiger partial charge in [-0.1, -0.05) is 99.1 Å². The molecule has 2 heterocycles. The largest absolute Gasteiger partial charge is 0.256 e. The molecule has 0 aliphatic rings. The minimum absolute atomic E-state index is 0.0698. The van der Waals surface area contributed by atoms with Crippen LogP contribution in [0.4, 0.5) is 0 Å². The zero-order chi connectivity index (χ0) is 27.9. The van der Waals surface area contributed by atoms with Crippen LogP contribution in [0.15, 0.2) is 116 Å². The Morgan fingerprint density at radius 2 is 1.23 bits per heavy atom. The summed E-state index contributed by atoms with van der Waals surface area (Å²) in [4.78, 5) is 9.59. The molecule has 0 aliphatic carbocycles. The Bertz CT molecular complexity index is 1840. The number of nitrogens with zero attached hydrogens (tertiary/aromatic N) is 2. The van der Waals surface area contributed by atoms with Gasteiger partial charge in [0.1, 0.15) is 0 Å². The number of hydrogen-bond acceptors (Lipinski definition) is 2. The quantitative estimate of drug-likeness (QED) is 0.232. The van der Waals surface area contributed by atoms with Crippen molar-refractivity contribution in [3.05, 3.63) is 132 Å². The van der Waals surface area contributed by atoms with E-state index in [1.807, 2.05) is 18.5 Å².